The molecule has 1 radical (unpaired) electrons. The standard InChI is InChI=1S/C27H27.Zr/c1-19-11-14-25(24-13-12-22-9-5-6-10-23(22)18-24)27-17-21(16-26(19)27)15-20-7-3-2-4-8-20;/h5-6,9-14,16-18,20H,2-4,7-8,15H2,1H3;. The number of hydrogen-bond donors (Lipinski definition) is 0. The van der Waals surface area contributed by atoms with E-state index in [0.717, 1.165) is 5.92 Å². The number of aryl methyl sites for hydroxylation is 1. The first-order valence-electron chi connectivity index (χ1n) is 10.5. The zero-order chi connectivity index (χ0) is 18.2. The zero-order valence-electron chi connectivity index (χ0n) is 16.7. The van der Waals surface area contributed by atoms with Gasteiger partial charge in [0.15, 0.2) is 0 Å². The molecule has 0 saturated heterocycles. The molecule has 139 valence electrons. The largest absolute Gasteiger partial charge is 0.0616 e. The Kier molecular flexibility index (Phi) is 6.02. The molecule has 1 fully saturated rings. The van der Waals surface area contributed by atoms with Crippen molar-refractivity contribution in [3.63, 3.8) is 0 Å². The minimum atomic E-state index is 0. The van der Waals surface area contributed by atoms with Crippen LogP contribution in [0.3, 0.4) is 0 Å². The SMILES string of the molecule is Cc1ccc(-c2ccc3ccccc3c2)c2c1[CH]C(CC1CCCCC1)=C2.[Zr]. The van der Waals surface area contributed by atoms with E-state index in [9.17, 15) is 0 Å². The Labute approximate surface area is 188 Å². The molecular weight excluding hydrogens is 416 g/mol. The Morgan fingerprint density at radius 2 is 1.61 bits per heavy atom. The van der Waals surface area contributed by atoms with Crippen LogP contribution in [-0.4, -0.2) is 0 Å². The predicted molar refractivity (Wildman–Crippen MR) is 117 cm³/mol. The van der Waals surface area contributed by atoms with Gasteiger partial charge >= 0.3 is 0 Å². The van der Waals surface area contributed by atoms with Crippen molar-refractivity contribution in [1.82, 2.24) is 0 Å². The molecule has 0 unspecified atom stereocenters. The van der Waals surface area contributed by atoms with Gasteiger partial charge in [0.1, 0.15) is 0 Å². The summed E-state index contributed by atoms with van der Waals surface area (Å²) in [4.78, 5) is 0. The molecule has 0 atom stereocenters. The molecule has 0 spiro atoms. The van der Waals surface area contributed by atoms with Gasteiger partial charge in [-0.25, -0.2) is 0 Å². The second-order valence-corrected chi connectivity index (χ2v) is 8.39. The van der Waals surface area contributed by atoms with Crippen LogP contribution in [0.4, 0.5) is 0 Å². The van der Waals surface area contributed by atoms with E-state index in [2.05, 4.69) is 74.0 Å². The van der Waals surface area contributed by atoms with Gasteiger partial charge in [0.25, 0.3) is 0 Å². The Bertz CT molecular complexity index is 1020. The average molecular weight is 443 g/mol. The molecule has 3 aromatic carbocycles. The fourth-order valence-corrected chi connectivity index (χ4v) is 4.96. The van der Waals surface area contributed by atoms with Crippen LogP contribution >= 0.6 is 0 Å². The third kappa shape index (κ3) is 3.84. The van der Waals surface area contributed by atoms with E-state index in [4.69, 9.17) is 0 Å². The Balaban J connectivity index is 0.00000192. The zero-order valence-corrected chi connectivity index (χ0v) is 19.1. The Morgan fingerprint density at radius 3 is 2.43 bits per heavy atom. The van der Waals surface area contributed by atoms with Gasteiger partial charge in [0, 0.05) is 32.6 Å². The van der Waals surface area contributed by atoms with Crippen molar-refractivity contribution in [2.75, 3.05) is 0 Å². The van der Waals surface area contributed by atoms with Crippen LogP contribution in [-0.2, 0) is 26.2 Å². The Morgan fingerprint density at radius 1 is 0.821 bits per heavy atom. The molecule has 5 rings (SSSR count). The van der Waals surface area contributed by atoms with Crippen molar-refractivity contribution >= 4 is 16.8 Å². The van der Waals surface area contributed by atoms with Gasteiger partial charge < -0.3 is 0 Å². The van der Waals surface area contributed by atoms with Crippen LogP contribution in [0.25, 0.3) is 28.0 Å². The first-order valence-corrected chi connectivity index (χ1v) is 10.5. The summed E-state index contributed by atoms with van der Waals surface area (Å²) in [7, 11) is 0. The number of benzene rings is 3. The molecule has 0 N–H and O–H groups in total. The van der Waals surface area contributed by atoms with Crippen molar-refractivity contribution in [3.05, 3.63) is 83.3 Å². The molecule has 28 heavy (non-hydrogen) atoms. The van der Waals surface area contributed by atoms with E-state index in [1.807, 2.05) is 0 Å². The fraction of sp³-hybridized carbons (Fsp3) is 0.296. The summed E-state index contributed by atoms with van der Waals surface area (Å²) >= 11 is 0. The summed E-state index contributed by atoms with van der Waals surface area (Å²) < 4.78 is 0. The molecular formula is C27H27Zr. The van der Waals surface area contributed by atoms with Crippen LogP contribution < -0.4 is 0 Å². The number of hydrogen-bond acceptors (Lipinski definition) is 0. The molecule has 0 heterocycles. The van der Waals surface area contributed by atoms with E-state index >= 15 is 0 Å². The Hall–Kier alpha value is -1.46. The summed E-state index contributed by atoms with van der Waals surface area (Å²) in [6.07, 6.45) is 13.3. The van der Waals surface area contributed by atoms with Gasteiger partial charge in [0.05, 0.1) is 0 Å². The third-order valence-electron chi connectivity index (χ3n) is 6.47. The van der Waals surface area contributed by atoms with E-state index in [-0.39, 0.29) is 26.2 Å². The van der Waals surface area contributed by atoms with Crippen molar-refractivity contribution in [1.29, 1.82) is 0 Å². The topological polar surface area (TPSA) is 0 Å². The molecule has 2 aliphatic carbocycles. The van der Waals surface area contributed by atoms with Gasteiger partial charge in [-0.15, -0.1) is 0 Å². The molecule has 0 aromatic heterocycles. The van der Waals surface area contributed by atoms with E-state index in [1.54, 1.807) is 0 Å². The van der Waals surface area contributed by atoms with Crippen LogP contribution in [0.2, 0.25) is 0 Å². The molecule has 1 saturated carbocycles. The fourth-order valence-electron chi connectivity index (χ4n) is 4.96. The van der Waals surface area contributed by atoms with Crippen molar-refractivity contribution in [2.24, 2.45) is 5.92 Å². The van der Waals surface area contributed by atoms with Gasteiger partial charge in [0.2, 0.25) is 0 Å². The van der Waals surface area contributed by atoms with Gasteiger partial charge in [-0.3, -0.25) is 0 Å². The molecule has 3 aromatic rings. The van der Waals surface area contributed by atoms with Crippen LogP contribution in [0, 0.1) is 19.3 Å². The normalized spacial score (nSPS) is 16.5. The van der Waals surface area contributed by atoms with Crippen molar-refractivity contribution < 1.29 is 26.2 Å². The molecule has 0 nitrogen and oxygen atoms in total. The maximum atomic E-state index is 2.47. The molecule has 0 amide bonds. The van der Waals surface area contributed by atoms with E-state index in [1.165, 1.54) is 82.7 Å². The molecule has 0 aliphatic heterocycles. The van der Waals surface area contributed by atoms with Gasteiger partial charge in [-0.2, -0.15) is 0 Å². The predicted octanol–water partition coefficient (Wildman–Crippen LogP) is 7.73. The minimum Gasteiger partial charge on any atom is -0.0616 e. The second kappa shape index (κ2) is 8.50. The monoisotopic (exact) mass is 441 g/mol. The first kappa shape index (κ1) is 19.8. The van der Waals surface area contributed by atoms with Crippen LogP contribution in [0.1, 0.15) is 55.2 Å². The quantitative estimate of drug-likeness (QED) is 0.389. The number of rotatable bonds is 3. The van der Waals surface area contributed by atoms with Gasteiger partial charge in [-0.1, -0.05) is 92.3 Å². The van der Waals surface area contributed by atoms with Crippen molar-refractivity contribution in [2.45, 2.75) is 45.4 Å². The van der Waals surface area contributed by atoms with Gasteiger partial charge in [-0.05, 0) is 63.9 Å². The maximum Gasteiger partial charge on any atom is 0.0167 e. The summed E-state index contributed by atoms with van der Waals surface area (Å²) in [6, 6.07) is 20.1. The summed E-state index contributed by atoms with van der Waals surface area (Å²) in [5, 5.41) is 2.63. The van der Waals surface area contributed by atoms with E-state index in [0.29, 0.717) is 0 Å². The van der Waals surface area contributed by atoms with Crippen molar-refractivity contribution in [3.8, 4) is 11.1 Å². The second-order valence-electron chi connectivity index (χ2n) is 8.39. The number of fused-ring (bicyclic) bond motifs is 2. The summed E-state index contributed by atoms with van der Waals surface area (Å²) in [5.74, 6) is 0.889. The summed E-state index contributed by atoms with van der Waals surface area (Å²) in [5.41, 5.74) is 8.49. The van der Waals surface area contributed by atoms with Crippen LogP contribution in [0.15, 0.2) is 60.2 Å². The third-order valence-corrected chi connectivity index (χ3v) is 6.47. The smallest absolute Gasteiger partial charge is 0.0167 e. The maximum absolute atomic E-state index is 2.47. The van der Waals surface area contributed by atoms with Crippen LogP contribution in [0.5, 0.6) is 0 Å². The molecule has 2 aliphatic rings. The minimum absolute atomic E-state index is 0. The number of allylic oxidation sites excluding steroid dienone is 1. The van der Waals surface area contributed by atoms with E-state index < -0.39 is 0 Å². The average Bonchev–Trinajstić information content (AvgIpc) is 3.13. The molecule has 1 heteroatoms. The molecule has 0 bridgehead atoms. The first-order chi connectivity index (χ1) is 13.3. The summed E-state index contributed by atoms with van der Waals surface area (Å²) in [6.45, 7) is 2.25.